The molecule has 1 aromatic rings. The Hall–Kier alpha value is -1.02. The van der Waals surface area contributed by atoms with Gasteiger partial charge in [-0.25, -0.2) is 0 Å². The number of benzene rings is 1. The lowest BCUT2D eigenvalue weighted by molar-refractivity contribution is 0.304. The summed E-state index contributed by atoms with van der Waals surface area (Å²) in [6.45, 7) is 3.11. The Balaban J connectivity index is 1.60. The summed E-state index contributed by atoms with van der Waals surface area (Å²) < 4.78 is 5.85. The highest BCUT2D eigenvalue weighted by Gasteiger charge is 2.18. The summed E-state index contributed by atoms with van der Waals surface area (Å²) >= 11 is 0. The molecular formula is C18H29NO. The minimum Gasteiger partial charge on any atom is -0.494 e. The van der Waals surface area contributed by atoms with Crippen molar-refractivity contribution in [3.8, 4) is 5.75 Å². The van der Waals surface area contributed by atoms with E-state index in [-0.39, 0.29) is 6.04 Å². The van der Waals surface area contributed by atoms with Crippen molar-refractivity contribution in [3.63, 3.8) is 0 Å². The first-order valence-corrected chi connectivity index (χ1v) is 8.32. The van der Waals surface area contributed by atoms with Crippen molar-refractivity contribution < 1.29 is 4.74 Å². The summed E-state index contributed by atoms with van der Waals surface area (Å²) in [4.78, 5) is 0. The molecule has 0 radical (unpaired) electrons. The number of unbranched alkanes of at least 4 members (excludes halogenated alkanes) is 6. The van der Waals surface area contributed by atoms with Gasteiger partial charge >= 0.3 is 0 Å². The zero-order valence-electron chi connectivity index (χ0n) is 12.9. The van der Waals surface area contributed by atoms with E-state index in [2.05, 4.69) is 25.1 Å². The molecule has 1 atom stereocenters. The first-order chi connectivity index (χ1) is 9.81. The van der Waals surface area contributed by atoms with E-state index in [1.54, 1.807) is 0 Å². The summed E-state index contributed by atoms with van der Waals surface area (Å²) in [6, 6.07) is 6.64. The highest BCUT2D eigenvalue weighted by molar-refractivity contribution is 5.40. The Kier molecular flexibility index (Phi) is 6.38. The van der Waals surface area contributed by atoms with Crippen LogP contribution in [0.2, 0.25) is 0 Å². The van der Waals surface area contributed by atoms with Gasteiger partial charge in [0.15, 0.2) is 0 Å². The number of rotatable bonds is 9. The van der Waals surface area contributed by atoms with Gasteiger partial charge in [0.2, 0.25) is 0 Å². The number of nitrogens with two attached hydrogens (primary N) is 1. The molecule has 20 heavy (non-hydrogen) atoms. The lowest BCUT2D eigenvalue weighted by atomic mass is 10.1. The third kappa shape index (κ3) is 4.52. The molecule has 0 bridgehead atoms. The van der Waals surface area contributed by atoms with Crippen LogP contribution in [0.15, 0.2) is 18.2 Å². The van der Waals surface area contributed by atoms with E-state index in [9.17, 15) is 0 Å². The molecule has 0 unspecified atom stereocenters. The van der Waals surface area contributed by atoms with E-state index in [1.807, 2.05) is 0 Å². The van der Waals surface area contributed by atoms with Crippen LogP contribution in [0.3, 0.4) is 0 Å². The lowest BCUT2D eigenvalue weighted by Crippen LogP contribution is -2.05. The van der Waals surface area contributed by atoms with Gasteiger partial charge in [0.05, 0.1) is 6.61 Å². The second-order valence-electron chi connectivity index (χ2n) is 5.98. The summed E-state index contributed by atoms with van der Waals surface area (Å²) in [5.41, 5.74) is 8.74. The molecule has 0 saturated carbocycles. The molecule has 0 aliphatic heterocycles. The molecule has 0 aromatic heterocycles. The molecule has 112 valence electrons. The zero-order valence-corrected chi connectivity index (χ0v) is 12.9. The summed E-state index contributed by atoms with van der Waals surface area (Å²) in [7, 11) is 0. The van der Waals surface area contributed by atoms with Crippen LogP contribution in [-0.2, 0) is 6.42 Å². The van der Waals surface area contributed by atoms with Crippen molar-refractivity contribution in [2.75, 3.05) is 6.61 Å². The van der Waals surface area contributed by atoms with Gasteiger partial charge in [-0.05, 0) is 42.5 Å². The molecule has 0 saturated heterocycles. The van der Waals surface area contributed by atoms with Crippen LogP contribution < -0.4 is 10.5 Å². The van der Waals surface area contributed by atoms with Crippen molar-refractivity contribution in [2.45, 2.75) is 70.8 Å². The van der Waals surface area contributed by atoms with Crippen LogP contribution in [-0.4, -0.2) is 6.61 Å². The summed E-state index contributed by atoms with van der Waals surface area (Å²) in [5, 5.41) is 0. The van der Waals surface area contributed by atoms with E-state index in [0.717, 1.165) is 25.2 Å². The van der Waals surface area contributed by atoms with Gasteiger partial charge in [0.1, 0.15) is 5.75 Å². The number of aryl methyl sites for hydroxylation is 1. The number of ether oxygens (including phenoxy) is 1. The topological polar surface area (TPSA) is 35.2 Å². The minimum absolute atomic E-state index is 0.238. The van der Waals surface area contributed by atoms with E-state index < -0.39 is 0 Å². The maximum absolute atomic E-state index is 6.05. The van der Waals surface area contributed by atoms with Crippen LogP contribution in [0.5, 0.6) is 5.75 Å². The first kappa shape index (κ1) is 15.4. The standard InChI is InChI=1S/C18H29NO/c1-2-3-4-5-6-7-8-13-20-16-10-11-17-15(14-16)9-12-18(17)19/h10-11,14,18H,2-9,12-13,19H2,1H3/t18-/m0/s1. The molecule has 1 aromatic carbocycles. The Bertz CT molecular complexity index is 402. The zero-order chi connectivity index (χ0) is 14.2. The largest absolute Gasteiger partial charge is 0.494 e. The summed E-state index contributed by atoms with van der Waals surface area (Å²) in [5.74, 6) is 1.02. The fourth-order valence-corrected chi connectivity index (χ4v) is 2.97. The SMILES string of the molecule is CCCCCCCCCOc1ccc2c(c1)CC[C@@H]2N. The fraction of sp³-hybridized carbons (Fsp3) is 0.667. The highest BCUT2D eigenvalue weighted by Crippen LogP contribution is 2.31. The van der Waals surface area contributed by atoms with E-state index in [1.165, 1.54) is 56.1 Å². The maximum atomic E-state index is 6.05. The van der Waals surface area contributed by atoms with Crippen molar-refractivity contribution in [1.29, 1.82) is 0 Å². The quantitative estimate of drug-likeness (QED) is 0.659. The van der Waals surface area contributed by atoms with E-state index in [0.29, 0.717) is 0 Å². The van der Waals surface area contributed by atoms with Gasteiger partial charge < -0.3 is 10.5 Å². The maximum Gasteiger partial charge on any atom is 0.119 e. The van der Waals surface area contributed by atoms with Gasteiger partial charge in [-0.2, -0.15) is 0 Å². The van der Waals surface area contributed by atoms with E-state index >= 15 is 0 Å². The number of hydrogen-bond donors (Lipinski definition) is 1. The molecule has 2 nitrogen and oxygen atoms in total. The van der Waals surface area contributed by atoms with Gasteiger partial charge in [-0.3, -0.25) is 0 Å². The predicted molar refractivity (Wildman–Crippen MR) is 85.2 cm³/mol. The normalized spacial score (nSPS) is 17.2. The third-order valence-electron chi connectivity index (χ3n) is 4.26. The molecule has 1 aliphatic rings. The van der Waals surface area contributed by atoms with Crippen LogP contribution >= 0.6 is 0 Å². The Morgan fingerprint density at radius 2 is 1.85 bits per heavy atom. The number of fused-ring (bicyclic) bond motifs is 1. The molecule has 0 fully saturated rings. The lowest BCUT2D eigenvalue weighted by Gasteiger charge is -2.09. The van der Waals surface area contributed by atoms with Crippen molar-refractivity contribution in [3.05, 3.63) is 29.3 Å². The molecule has 0 heterocycles. The average molecular weight is 275 g/mol. The molecule has 2 heteroatoms. The van der Waals surface area contributed by atoms with Crippen LogP contribution in [0.4, 0.5) is 0 Å². The Labute approximate surface area is 123 Å². The molecule has 2 rings (SSSR count). The minimum atomic E-state index is 0.238. The Morgan fingerprint density at radius 3 is 2.65 bits per heavy atom. The predicted octanol–water partition coefficient (Wildman–Crippen LogP) is 4.76. The van der Waals surface area contributed by atoms with Crippen LogP contribution in [0.1, 0.15) is 75.5 Å². The van der Waals surface area contributed by atoms with Crippen LogP contribution in [0.25, 0.3) is 0 Å². The smallest absolute Gasteiger partial charge is 0.119 e. The van der Waals surface area contributed by atoms with Crippen molar-refractivity contribution in [1.82, 2.24) is 0 Å². The first-order valence-electron chi connectivity index (χ1n) is 8.32. The summed E-state index contributed by atoms with van der Waals surface area (Å²) in [6.07, 6.45) is 11.5. The molecule has 2 N–H and O–H groups in total. The molecule has 0 spiro atoms. The monoisotopic (exact) mass is 275 g/mol. The van der Waals surface area contributed by atoms with Crippen molar-refractivity contribution in [2.24, 2.45) is 5.73 Å². The molecule has 0 amide bonds. The highest BCUT2D eigenvalue weighted by atomic mass is 16.5. The second kappa shape index (κ2) is 8.31. The third-order valence-corrected chi connectivity index (χ3v) is 4.26. The number of hydrogen-bond acceptors (Lipinski definition) is 2. The van der Waals surface area contributed by atoms with Crippen LogP contribution in [0, 0.1) is 0 Å². The molecule has 1 aliphatic carbocycles. The fourth-order valence-electron chi connectivity index (χ4n) is 2.97. The molecular weight excluding hydrogens is 246 g/mol. The Morgan fingerprint density at radius 1 is 1.10 bits per heavy atom. The second-order valence-corrected chi connectivity index (χ2v) is 5.98. The van der Waals surface area contributed by atoms with Crippen molar-refractivity contribution >= 4 is 0 Å². The average Bonchev–Trinajstić information content (AvgIpc) is 2.83. The van der Waals surface area contributed by atoms with Gasteiger partial charge in [0.25, 0.3) is 0 Å². The van der Waals surface area contributed by atoms with E-state index in [4.69, 9.17) is 10.5 Å². The van der Waals surface area contributed by atoms with Gasteiger partial charge in [-0.1, -0.05) is 51.5 Å². The van der Waals surface area contributed by atoms with Gasteiger partial charge in [0, 0.05) is 6.04 Å². The van der Waals surface area contributed by atoms with Gasteiger partial charge in [-0.15, -0.1) is 0 Å².